The summed E-state index contributed by atoms with van der Waals surface area (Å²) in [5.74, 6) is 0. The fourth-order valence-electron chi connectivity index (χ4n) is 4.08. The average Bonchev–Trinajstić information content (AvgIpc) is 3.13. The van der Waals surface area contributed by atoms with Crippen LogP contribution in [0.2, 0.25) is 0 Å². The summed E-state index contributed by atoms with van der Waals surface area (Å²) in [6, 6.07) is 21.9. The van der Waals surface area contributed by atoms with Crippen LogP contribution in [0, 0.1) is 6.92 Å². The van der Waals surface area contributed by atoms with Gasteiger partial charge in [0.2, 0.25) is 5.52 Å². The highest BCUT2D eigenvalue weighted by Gasteiger charge is 2.27. The summed E-state index contributed by atoms with van der Waals surface area (Å²) in [4.78, 5) is 0. The number of hydrogen-bond donors (Lipinski definition) is 0. The summed E-state index contributed by atoms with van der Waals surface area (Å²) in [7, 11) is 2.16. The third-order valence-corrected chi connectivity index (χ3v) is 5.26. The zero-order valence-electron chi connectivity index (χ0n) is 14.0. The maximum atomic E-state index is 2.29. The van der Waals surface area contributed by atoms with Gasteiger partial charge >= 0.3 is 0 Å². The molecule has 1 heterocycles. The molecule has 2 nitrogen and oxygen atoms in total. The van der Waals surface area contributed by atoms with Gasteiger partial charge in [0.05, 0.1) is 11.6 Å². The van der Waals surface area contributed by atoms with E-state index in [1.54, 1.807) is 0 Å². The van der Waals surface area contributed by atoms with Crippen LogP contribution in [0.4, 0.5) is 0 Å². The summed E-state index contributed by atoms with van der Waals surface area (Å²) < 4.78 is 4.56. The molecule has 4 aromatic rings. The summed E-state index contributed by atoms with van der Waals surface area (Å²) in [6.07, 6.45) is 3.27. The SMILES string of the molecule is Cc1ccccc1-n1cc2ccc3c(c2[n+]1C)Cc1ccccc1-3. The zero-order chi connectivity index (χ0) is 16.3. The highest BCUT2D eigenvalue weighted by atomic mass is 15.4. The van der Waals surface area contributed by atoms with E-state index in [0.29, 0.717) is 0 Å². The minimum Gasteiger partial charge on any atom is -0.127 e. The van der Waals surface area contributed by atoms with Crippen molar-refractivity contribution >= 4 is 10.9 Å². The van der Waals surface area contributed by atoms with Crippen LogP contribution in [0.15, 0.2) is 66.9 Å². The number of para-hydroxylation sites is 1. The molecule has 0 atom stereocenters. The molecule has 116 valence electrons. The first-order chi connectivity index (χ1) is 11.7. The first kappa shape index (κ1) is 13.6. The topological polar surface area (TPSA) is 8.81 Å². The second kappa shape index (κ2) is 4.81. The smallest absolute Gasteiger partial charge is 0.127 e. The summed E-state index contributed by atoms with van der Waals surface area (Å²) in [6.45, 7) is 2.17. The number of nitrogens with zero attached hydrogens (tertiary/aromatic N) is 2. The fraction of sp³-hybridized carbons (Fsp3) is 0.136. The molecule has 0 N–H and O–H groups in total. The van der Waals surface area contributed by atoms with Crippen molar-refractivity contribution < 1.29 is 4.68 Å². The molecule has 5 rings (SSSR count). The number of fused-ring (bicyclic) bond motifs is 5. The lowest BCUT2D eigenvalue weighted by atomic mass is 10.0. The molecular formula is C22H19N2+. The minimum absolute atomic E-state index is 1.02. The van der Waals surface area contributed by atoms with Crippen LogP contribution < -0.4 is 4.68 Å². The van der Waals surface area contributed by atoms with Gasteiger partial charge in [0.15, 0.2) is 7.05 Å². The first-order valence-electron chi connectivity index (χ1n) is 8.41. The lowest BCUT2D eigenvalue weighted by Gasteiger charge is -2.04. The molecule has 0 radical (unpaired) electrons. The van der Waals surface area contributed by atoms with Crippen molar-refractivity contribution in [3.05, 3.63) is 83.6 Å². The van der Waals surface area contributed by atoms with Crippen molar-refractivity contribution in [2.24, 2.45) is 7.05 Å². The van der Waals surface area contributed by atoms with E-state index >= 15 is 0 Å². The van der Waals surface area contributed by atoms with Crippen LogP contribution in [0.5, 0.6) is 0 Å². The van der Waals surface area contributed by atoms with Gasteiger partial charge in [-0.1, -0.05) is 48.5 Å². The Hall–Kier alpha value is -2.87. The maximum Gasteiger partial charge on any atom is 0.242 e. The predicted molar refractivity (Wildman–Crippen MR) is 97.4 cm³/mol. The van der Waals surface area contributed by atoms with Crippen molar-refractivity contribution in [1.82, 2.24) is 4.68 Å². The first-order valence-corrected chi connectivity index (χ1v) is 8.41. The minimum atomic E-state index is 1.02. The molecule has 1 aromatic heterocycles. The number of benzene rings is 3. The summed E-state index contributed by atoms with van der Waals surface area (Å²) in [5, 5.41) is 1.30. The van der Waals surface area contributed by atoms with Gasteiger partial charge in [-0.2, -0.15) is 0 Å². The lowest BCUT2D eigenvalue weighted by molar-refractivity contribution is -0.721. The van der Waals surface area contributed by atoms with Gasteiger partial charge in [-0.25, -0.2) is 0 Å². The van der Waals surface area contributed by atoms with E-state index in [1.807, 2.05) is 0 Å². The van der Waals surface area contributed by atoms with Crippen LogP contribution in [-0.2, 0) is 13.5 Å². The van der Waals surface area contributed by atoms with Gasteiger partial charge in [0, 0.05) is 12.0 Å². The van der Waals surface area contributed by atoms with Gasteiger partial charge in [-0.05, 0) is 41.3 Å². The molecule has 0 saturated carbocycles. The van der Waals surface area contributed by atoms with E-state index in [0.717, 1.165) is 6.42 Å². The Morgan fingerprint density at radius 2 is 1.67 bits per heavy atom. The van der Waals surface area contributed by atoms with Gasteiger partial charge < -0.3 is 0 Å². The predicted octanol–water partition coefficient (Wildman–Crippen LogP) is 4.33. The van der Waals surface area contributed by atoms with E-state index in [4.69, 9.17) is 0 Å². The van der Waals surface area contributed by atoms with Crippen LogP contribution in [0.25, 0.3) is 27.7 Å². The fourth-order valence-corrected chi connectivity index (χ4v) is 4.08. The quantitative estimate of drug-likeness (QED) is 0.407. The van der Waals surface area contributed by atoms with Crippen molar-refractivity contribution in [3.63, 3.8) is 0 Å². The van der Waals surface area contributed by atoms with Crippen LogP contribution >= 0.6 is 0 Å². The standard InChI is InChI=1S/C22H19N2/c1-15-7-3-6-10-21(15)24-14-17-11-12-19-18-9-5-4-8-16(18)13-20(19)22(17)23(24)2/h3-12,14H,13H2,1-2H3/q+1. The largest absolute Gasteiger partial charge is 0.242 e. The van der Waals surface area contributed by atoms with E-state index in [9.17, 15) is 0 Å². The second-order valence-electron chi connectivity index (χ2n) is 6.65. The van der Waals surface area contributed by atoms with Crippen molar-refractivity contribution in [2.75, 3.05) is 0 Å². The van der Waals surface area contributed by atoms with Crippen molar-refractivity contribution in [3.8, 4) is 16.8 Å². The van der Waals surface area contributed by atoms with E-state index in [2.05, 4.69) is 90.2 Å². The monoisotopic (exact) mass is 311 g/mol. The van der Waals surface area contributed by atoms with Gasteiger partial charge in [0.25, 0.3) is 0 Å². The van der Waals surface area contributed by atoms with Gasteiger partial charge in [-0.3, -0.25) is 0 Å². The molecule has 0 amide bonds. The molecule has 24 heavy (non-hydrogen) atoms. The Morgan fingerprint density at radius 3 is 2.54 bits per heavy atom. The van der Waals surface area contributed by atoms with Crippen molar-refractivity contribution in [1.29, 1.82) is 0 Å². The van der Waals surface area contributed by atoms with E-state index in [-0.39, 0.29) is 0 Å². The molecule has 1 aliphatic carbocycles. The zero-order valence-corrected chi connectivity index (χ0v) is 14.0. The van der Waals surface area contributed by atoms with Gasteiger partial charge in [-0.15, -0.1) is 9.36 Å². The Morgan fingerprint density at radius 1 is 0.875 bits per heavy atom. The molecule has 0 fully saturated rings. The molecule has 3 aromatic carbocycles. The van der Waals surface area contributed by atoms with Gasteiger partial charge in [0.1, 0.15) is 5.69 Å². The second-order valence-corrected chi connectivity index (χ2v) is 6.65. The summed E-state index contributed by atoms with van der Waals surface area (Å²) >= 11 is 0. The van der Waals surface area contributed by atoms with Crippen LogP contribution in [-0.4, -0.2) is 4.68 Å². The molecular weight excluding hydrogens is 292 g/mol. The average molecular weight is 311 g/mol. The Kier molecular flexibility index (Phi) is 2.72. The third kappa shape index (κ3) is 1.74. The highest BCUT2D eigenvalue weighted by Crippen LogP contribution is 2.39. The number of hydrogen-bond acceptors (Lipinski definition) is 0. The molecule has 0 bridgehead atoms. The molecule has 0 spiro atoms. The Balaban J connectivity index is 1.80. The molecule has 0 aliphatic heterocycles. The summed E-state index contributed by atoms with van der Waals surface area (Å²) in [5.41, 5.74) is 9.52. The molecule has 2 heteroatoms. The van der Waals surface area contributed by atoms with Crippen LogP contribution in [0.3, 0.4) is 0 Å². The Labute approximate surface area is 141 Å². The normalized spacial score (nSPS) is 12.4. The van der Waals surface area contributed by atoms with Crippen molar-refractivity contribution in [2.45, 2.75) is 13.3 Å². The highest BCUT2D eigenvalue weighted by molar-refractivity contribution is 5.91. The Bertz CT molecular complexity index is 1100. The van der Waals surface area contributed by atoms with E-state index < -0.39 is 0 Å². The third-order valence-electron chi connectivity index (χ3n) is 5.26. The molecule has 1 aliphatic rings. The molecule has 0 saturated heterocycles. The number of aromatic nitrogens is 2. The van der Waals surface area contributed by atoms with Crippen LogP contribution in [0.1, 0.15) is 16.7 Å². The lowest BCUT2D eigenvalue weighted by Crippen LogP contribution is -2.38. The van der Waals surface area contributed by atoms with E-state index in [1.165, 1.54) is 44.4 Å². The maximum absolute atomic E-state index is 2.29. The number of rotatable bonds is 1. The number of aryl methyl sites for hydroxylation is 2. The molecule has 0 unspecified atom stereocenters.